The molecule has 0 radical (unpaired) electrons. The number of aromatic nitrogens is 4. The van der Waals surface area contributed by atoms with Crippen LogP contribution in [0.1, 0.15) is 30.0 Å². The largest absolute Gasteiger partial charge is 0.334 e. The number of pyridine rings is 2. The van der Waals surface area contributed by atoms with E-state index in [9.17, 15) is 0 Å². The van der Waals surface area contributed by atoms with Gasteiger partial charge >= 0.3 is 0 Å². The molecular weight excluding hydrogens is 358 g/mol. The summed E-state index contributed by atoms with van der Waals surface area (Å²) in [5.74, 6) is 0.488. The van der Waals surface area contributed by atoms with Crippen molar-refractivity contribution in [2.75, 3.05) is 13.1 Å². The van der Waals surface area contributed by atoms with Gasteiger partial charge in [-0.2, -0.15) is 0 Å². The maximum Gasteiger partial charge on any atom is 0.115 e. The van der Waals surface area contributed by atoms with E-state index >= 15 is 0 Å². The highest BCUT2D eigenvalue weighted by Crippen LogP contribution is 2.33. The van der Waals surface area contributed by atoms with Gasteiger partial charge in [0.05, 0.1) is 17.5 Å². The Labute approximate surface area is 171 Å². The van der Waals surface area contributed by atoms with Crippen molar-refractivity contribution < 1.29 is 0 Å². The lowest BCUT2D eigenvalue weighted by molar-refractivity contribution is 0.203. The van der Waals surface area contributed by atoms with E-state index in [1.165, 1.54) is 11.3 Å². The molecule has 5 nitrogen and oxygen atoms in total. The molecule has 0 N–H and O–H groups in total. The first-order chi connectivity index (χ1) is 14.3. The average molecular weight is 383 g/mol. The van der Waals surface area contributed by atoms with E-state index in [-0.39, 0.29) is 0 Å². The van der Waals surface area contributed by atoms with Crippen molar-refractivity contribution in [1.29, 1.82) is 0 Å². The number of benzene rings is 1. The SMILES string of the molecule is Cn1cnc2c(-c3ccccc3)nc(C3CCN(Cc4cccnc4)CC3)cc21. The quantitative estimate of drug-likeness (QED) is 0.524. The minimum absolute atomic E-state index is 0.488. The van der Waals surface area contributed by atoms with E-state index in [1.54, 1.807) is 0 Å². The van der Waals surface area contributed by atoms with E-state index in [0.717, 1.165) is 54.8 Å². The predicted molar refractivity (Wildman–Crippen MR) is 115 cm³/mol. The summed E-state index contributed by atoms with van der Waals surface area (Å²) in [6.45, 7) is 3.15. The highest BCUT2D eigenvalue weighted by Gasteiger charge is 2.24. The number of likely N-dealkylation sites (tertiary alicyclic amines) is 1. The zero-order valence-electron chi connectivity index (χ0n) is 16.7. The molecule has 29 heavy (non-hydrogen) atoms. The Hall–Kier alpha value is -3.05. The van der Waals surface area contributed by atoms with Crippen LogP contribution in [0.3, 0.4) is 0 Å². The number of aryl methyl sites for hydroxylation is 1. The van der Waals surface area contributed by atoms with Gasteiger partial charge in [-0.25, -0.2) is 4.98 Å². The molecule has 1 saturated heterocycles. The number of nitrogens with zero attached hydrogens (tertiary/aromatic N) is 5. The van der Waals surface area contributed by atoms with Crippen molar-refractivity contribution in [3.63, 3.8) is 0 Å². The van der Waals surface area contributed by atoms with Gasteiger partial charge in [-0.15, -0.1) is 0 Å². The molecular formula is C24H25N5. The van der Waals surface area contributed by atoms with Crippen LogP contribution in [0.15, 0.2) is 67.3 Å². The Morgan fingerprint density at radius 2 is 1.86 bits per heavy atom. The maximum atomic E-state index is 5.11. The van der Waals surface area contributed by atoms with E-state index in [1.807, 2.05) is 30.9 Å². The molecule has 5 rings (SSSR count). The summed E-state index contributed by atoms with van der Waals surface area (Å²) in [5, 5.41) is 0. The van der Waals surface area contributed by atoms with E-state index in [0.29, 0.717) is 5.92 Å². The Bertz CT molecular complexity index is 1100. The monoisotopic (exact) mass is 383 g/mol. The molecule has 0 saturated carbocycles. The van der Waals surface area contributed by atoms with Gasteiger partial charge in [0.15, 0.2) is 0 Å². The van der Waals surface area contributed by atoms with Crippen LogP contribution in [0, 0.1) is 0 Å². The third kappa shape index (κ3) is 3.66. The lowest BCUT2D eigenvalue weighted by Gasteiger charge is -2.31. The first kappa shape index (κ1) is 18.0. The Balaban J connectivity index is 1.40. The second-order valence-corrected chi connectivity index (χ2v) is 7.90. The lowest BCUT2D eigenvalue weighted by Crippen LogP contribution is -2.32. The summed E-state index contributed by atoms with van der Waals surface area (Å²) in [4.78, 5) is 16.5. The van der Waals surface area contributed by atoms with Gasteiger partial charge in [0.2, 0.25) is 0 Å². The standard InChI is InChI=1S/C24H25N5/c1-28-17-26-24-22(28)14-21(27-23(24)20-7-3-2-4-8-20)19-9-12-29(13-10-19)16-18-6-5-11-25-15-18/h2-8,11,14-15,17,19H,9-10,12-13,16H2,1H3. The molecule has 4 heterocycles. The van der Waals surface area contributed by atoms with Crippen LogP contribution in [0.4, 0.5) is 0 Å². The first-order valence-corrected chi connectivity index (χ1v) is 10.3. The molecule has 5 heteroatoms. The highest BCUT2D eigenvalue weighted by atomic mass is 15.1. The van der Waals surface area contributed by atoms with Crippen LogP contribution in [-0.2, 0) is 13.6 Å². The predicted octanol–water partition coefficient (Wildman–Crippen LogP) is 4.41. The Kier molecular flexibility index (Phi) is 4.82. The van der Waals surface area contributed by atoms with Gasteiger partial charge in [0.1, 0.15) is 5.52 Å². The zero-order valence-corrected chi connectivity index (χ0v) is 16.7. The van der Waals surface area contributed by atoms with Gasteiger partial charge in [-0.3, -0.25) is 14.9 Å². The van der Waals surface area contributed by atoms with Crippen LogP contribution in [-0.4, -0.2) is 37.5 Å². The Morgan fingerprint density at radius 1 is 1.03 bits per heavy atom. The van der Waals surface area contributed by atoms with E-state index < -0.39 is 0 Å². The third-order valence-corrected chi connectivity index (χ3v) is 5.91. The topological polar surface area (TPSA) is 46.8 Å². The van der Waals surface area contributed by atoms with Crippen LogP contribution in [0.25, 0.3) is 22.3 Å². The maximum absolute atomic E-state index is 5.11. The molecule has 1 aliphatic rings. The van der Waals surface area contributed by atoms with Crippen molar-refractivity contribution in [3.8, 4) is 11.3 Å². The minimum Gasteiger partial charge on any atom is -0.334 e. The van der Waals surface area contributed by atoms with Crippen LogP contribution >= 0.6 is 0 Å². The third-order valence-electron chi connectivity index (χ3n) is 5.91. The molecule has 0 aliphatic carbocycles. The van der Waals surface area contributed by atoms with Crippen molar-refractivity contribution in [3.05, 3.63) is 78.5 Å². The molecule has 4 aromatic rings. The summed E-state index contributed by atoms with van der Waals surface area (Å²) in [6, 6.07) is 16.8. The fourth-order valence-corrected chi connectivity index (χ4v) is 4.29. The second-order valence-electron chi connectivity index (χ2n) is 7.90. The van der Waals surface area contributed by atoms with Gasteiger partial charge < -0.3 is 4.57 Å². The molecule has 0 bridgehead atoms. The number of hydrogen-bond acceptors (Lipinski definition) is 4. The fourth-order valence-electron chi connectivity index (χ4n) is 4.29. The normalized spacial score (nSPS) is 15.8. The van der Waals surface area contributed by atoms with Gasteiger partial charge in [-0.05, 0) is 43.6 Å². The van der Waals surface area contributed by atoms with Crippen molar-refractivity contribution in [2.45, 2.75) is 25.3 Å². The van der Waals surface area contributed by atoms with Gasteiger partial charge in [0, 0.05) is 43.2 Å². The first-order valence-electron chi connectivity index (χ1n) is 10.3. The summed E-state index contributed by atoms with van der Waals surface area (Å²) in [7, 11) is 2.06. The molecule has 1 aromatic carbocycles. The van der Waals surface area contributed by atoms with Crippen molar-refractivity contribution in [1.82, 2.24) is 24.4 Å². The zero-order chi connectivity index (χ0) is 19.6. The molecule has 0 atom stereocenters. The number of imidazole rings is 1. The summed E-state index contributed by atoms with van der Waals surface area (Å²) in [6.07, 6.45) is 7.95. The second kappa shape index (κ2) is 7.76. The lowest BCUT2D eigenvalue weighted by atomic mass is 9.92. The molecule has 0 unspecified atom stereocenters. The van der Waals surface area contributed by atoms with E-state index in [2.05, 4.69) is 62.9 Å². The van der Waals surface area contributed by atoms with Crippen molar-refractivity contribution in [2.24, 2.45) is 7.05 Å². The van der Waals surface area contributed by atoms with Crippen LogP contribution in [0.5, 0.6) is 0 Å². The molecule has 1 fully saturated rings. The molecule has 3 aromatic heterocycles. The van der Waals surface area contributed by atoms with Crippen molar-refractivity contribution >= 4 is 11.0 Å². The highest BCUT2D eigenvalue weighted by molar-refractivity contribution is 5.90. The summed E-state index contributed by atoms with van der Waals surface area (Å²) < 4.78 is 2.10. The number of rotatable bonds is 4. The number of fused-ring (bicyclic) bond motifs is 1. The molecule has 0 amide bonds. The van der Waals surface area contributed by atoms with Gasteiger partial charge in [-0.1, -0.05) is 36.4 Å². The molecule has 146 valence electrons. The van der Waals surface area contributed by atoms with E-state index in [4.69, 9.17) is 4.98 Å². The van der Waals surface area contributed by atoms with Crippen LogP contribution < -0.4 is 0 Å². The summed E-state index contributed by atoms with van der Waals surface area (Å²) in [5.41, 5.74) is 6.75. The molecule has 1 aliphatic heterocycles. The fraction of sp³-hybridized carbons (Fsp3) is 0.292. The number of hydrogen-bond donors (Lipinski definition) is 0. The Morgan fingerprint density at radius 3 is 2.62 bits per heavy atom. The average Bonchev–Trinajstić information content (AvgIpc) is 3.16. The smallest absolute Gasteiger partial charge is 0.115 e. The summed E-state index contributed by atoms with van der Waals surface area (Å²) >= 11 is 0. The molecule has 0 spiro atoms. The minimum atomic E-state index is 0.488. The van der Waals surface area contributed by atoms with Crippen LogP contribution in [0.2, 0.25) is 0 Å². The van der Waals surface area contributed by atoms with Gasteiger partial charge in [0.25, 0.3) is 0 Å². The number of piperidine rings is 1.